The predicted octanol–water partition coefficient (Wildman–Crippen LogP) is 2.61. The molecule has 1 saturated heterocycles. The summed E-state index contributed by atoms with van der Waals surface area (Å²) < 4.78 is 21.8. The highest BCUT2D eigenvalue weighted by atomic mass is 16.6. The topological polar surface area (TPSA) is 146 Å². The average molecular weight is 521 g/mol. The minimum atomic E-state index is -1.35. The third-order valence-electron chi connectivity index (χ3n) is 5.86. The number of amides is 2. The smallest absolute Gasteiger partial charge is 0.332 e. The zero-order valence-electron chi connectivity index (χ0n) is 21.9. The molecule has 1 aliphatic rings. The highest BCUT2D eigenvalue weighted by Gasteiger charge is 2.40. The summed E-state index contributed by atoms with van der Waals surface area (Å²) in [6, 6.07) is 3.18. The van der Waals surface area contributed by atoms with Crippen LogP contribution in [0.15, 0.2) is 18.2 Å². The SMILES string of the molecule is CCCC[C@H]1C(=O)O[C@@H](C)[C@H](NC(=O)c2cccc(NC=O)c2OC)C(=O)OC[C@@H]1OC(=O)CC(C)C. The van der Waals surface area contributed by atoms with Gasteiger partial charge in [0.15, 0.2) is 11.8 Å². The first-order valence-corrected chi connectivity index (χ1v) is 12.4. The molecule has 0 bridgehead atoms. The number of nitrogens with one attached hydrogen (secondary N) is 2. The van der Waals surface area contributed by atoms with Gasteiger partial charge < -0.3 is 29.6 Å². The van der Waals surface area contributed by atoms with Crippen LogP contribution in [0.4, 0.5) is 5.69 Å². The molecule has 1 aliphatic heterocycles. The number of carbonyl (C=O) groups excluding carboxylic acids is 5. The molecule has 2 N–H and O–H groups in total. The van der Waals surface area contributed by atoms with Gasteiger partial charge in [-0.15, -0.1) is 0 Å². The maximum absolute atomic E-state index is 13.1. The summed E-state index contributed by atoms with van der Waals surface area (Å²) in [7, 11) is 1.33. The van der Waals surface area contributed by atoms with Crippen LogP contribution in [0.25, 0.3) is 0 Å². The zero-order chi connectivity index (χ0) is 27.5. The molecule has 37 heavy (non-hydrogen) atoms. The second-order valence-corrected chi connectivity index (χ2v) is 9.25. The van der Waals surface area contributed by atoms with Crippen molar-refractivity contribution in [3.05, 3.63) is 23.8 Å². The van der Waals surface area contributed by atoms with Crippen LogP contribution in [-0.2, 0) is 33.4 Å². The van der Waals surface area contributed by atoms with Gasteiger partial charge in [0.25, 0.3) is 5.91 Å². The Bertz CT molecular complexity index is 979. The summed E-state index contributed by atoms with van der Waals surface area (Å²) in [5, 5.41) is 4.98. The van der Waals surface area contributed by atoms with Crippen molar-refractivity contribution in [2.24, 2.45) is 11.8 Å². The van der Waals surface area contributed by atoms with Gasteiger partial charge in [-0.2, -0.15) is 0 Å². The molecule has 1 aromatic carbocycles. The molecular formula is C26H36N2O9. The summed E-state index contributed by atoms with van der Waals surface area (Å²) in [5.41, 5.74) is 0.299. The molecule has 0 aromatic heterocycles. The van der Waals surface area contributed by atoms with Gasteiger partial charge in [0.1, 0.15) is 18.8 Å². The van der Waals surface area contributed by atoms with Crippen molar-refractivity contribution >= 4 is 35.9 Å². The number of benzene rings is 1. The van der Waals surface area contributed by atoms with E-state index in [1.807, 2.05) is 20.8 Å². The van der Waals surface area contributed by atoms with Crippen LogP contribution in [0.3, 0.4) is 0 Å². The number of anilines is 1. The molecule has 4 atom stereocenters. The Hall–Kier alpha value is -3.63. The molecule has 1 heterocycles. The van der Waals surface area contributed by atoms with E-state index in [0.29, 0.717) is 19.3 Å². The van der Waals surface area contributed by atoms with E-state index in [2.05, 4.69) is 10.6 Å². The Morgan fingerprint density at radius 2 is 1.95 bits per heavy atom. The number of rotatable bonds is 11. The lowest BCUT2D eigenvalue weighted by molar-refractivity contribution is -0.168. The molecular weight excluding hydrogens is 484 g/mol. The maximum Gasteiger partial charge on any atom is 0.332 e. The number of methoxy groups -OCH3 is 1. The Morgan fingerprint density at radius 3 is 2.57 bits per heavy atom. The summed E-state index contributed by atoms with van der Waals surface area (Å²) in [6.45, 7) is 6.80. The molecule has 0 saturated carbocycles. The Labute approximate surface area is 216 Å². The summed E-state index contributed by atoms with van der Waals surface area (Å²) in [5.74, 6) is -3.40. The van der Waals surface area contributed by atoms with Crippen molar-refractivity contribution in [1.29, 1.82) is 0 Å². The third-order valence-corrected chi connectivity index (χ3v) is 5.86. The minimum absolute atomic E-state index is 0.0434. The first kappa shape index (κ1) is 29.6. The molecule has 204 valence electrons. The average Bonchev–Trinajstić information content (AvgIpc) is 2.87. The number of hydrogen-bond acceptors (Lipinski definition) is 9. The van der Waals surface area contributed by atoms with Crippen molar-refractivity contribution in [3.8, 4) is 5.75 Å². The van der Waals surface area contributed by atoms with Gasteiger partial charge in [0, 0.05) is 6.42 Å². The second-order valence-electron chi connectivity index (χ2n) is 9.25. The maximum atomic E-state index is 13.1. The first-order chi connectivity index (χ1) is 17.6. The molecule has 2 amide bonds. The largest absolute Gasteiger partial charge is 0.494 e. The van der Waals surface area contributed by atoms with E-state index in [4.69, 9.17) is 18.9 Å². The van der Waals surface area contributed by atoms with Gasteiger partial charge in [0.2, 0.25) is 6.41 Å². The van der Waals surface area contributed by atoms with Crippen LogP contribution in [0.5, 0.6) is 5.75 Å². The fourth-order valence-corrected chi connectivity index (χ4v) is 3.95. The second kappa shape index (κ2) is 14.2. The van der Waals surface area contributed by atoms with Crippen molar-refractivity contribution in [3.63, 3.8) is 0 Å². The lowest BCUT2D eigenvalue weighted by Crippen LogP contribution is -2.49. The van der Waals surface area contributed by atoms with Crippen molar-refractivity contribution < 1.29 is 42.9 Å². The predicted molar refractivity (Wildman–Crippen MR) is 133 cm³/mol. The molecule has 1 fully saturated rings. The molecule has 11 heteroatoms. The van der Waals surface area contributed by atoms with Gasteiger partial charge in [0.05, 0.1) is 24.3 Å². The number of esters is 3. The van der Waals surface area contributed by atoms with E-state index in [1.165, 1.54) is 26.2 Å². The molecule has 2 rings (SSSR count). The lowest BCUT2D eigenvalue weighted by Gasteiger charge is -2.25. The van der Waals surface area contributed by atoms with E-state index >= 15 is 0 Å². The van der Waals surface area contributed by atoms with Crippen LogP contribution in [0.2, 0.25) is 0 Å². The monoisotopic (exact) mass is 520 g/mol. The van der Waals surface area contributed by atoms with Crippen LogP contribution in [0.1, 0.15) is 63.7 Å². The normalized spacial score (nSPS) is 22.0. The highest BCUT2D eigenvalue weighted by Crippen LogP contribution is 2.29. The number of cyclic esters (lactones) is 2. The first-order valence-electron chi connectivity index (χ1n) is 12.4. The summed E-state index contributed by atoms with van der Waals surface area (Å²) >= 11 is 0. The standard InChI is InChI=1S/C26H36N2O9/c1-6-7-9-17-20(37-21(30)12-15(2)3)13-35-26(33)22(16(4)36-25(17)32)28-24(31)18-10-8-11-19(27-14-29)23(18)34-5/h8,10-11,14-17,20,22H,6-7,9,12-13H2,1-5H3,(H,27,29)(H,28,31)/t16-,17+,20-,22-/m0/s1. The lowest BCUT2D eigenvalue weighted by atomic mass is 9.96. The Morgan fingerprint density at radius 1 is 1.22 bits per heavy atom. The number of hydrogen-bond donors (Lipinski definition) is 2. The van der Waals surface area contributed by atoms with Crippen molar-refractivity contribution in [1.82, 2.24) is 5.32 Å². The Balaban J connectivity index is 2.30. The van der Waals surface area contributed by atoms with Crippen LogP contribution in [-0.4, -0.2) is 62.2 Å². The molecule has 0 aliphatic carbocycles. The van der Waals surface area contributed by atoms with E-state index in [1.54, 1.807) is 6.07 Å². The Kier molecular flexibility index (Phi) is 11.4. The van der Waals surface area contributed by atoms with Crippen LogP contribution in [0, 0.1) is 11.8 Å². The van der Waals surface area contributed by atoms with Gasteiger partial charge in [-0.05, 0) is 31.4 Å². The van der Waals surface area contributed by atoms with E-state index in [-0.39, 0.29) is 35.9 Å². The quantitative estimate of drug-likeness (QED) is 0.255. The molecule has 0 unspecified atom stereocenters. The van der Waals surface area contributed by atoms with Crippen molar-refractivity contribution in [2.75, 3.05) is 19.0 Å². The van der Waals surface area contributed by atoms with E-state index in [9.17, 15) is 24.0 Å². The van der Waals surface area contributed by atoms with Gasteiger partial charge in [-0.3, -0.25) is 19.2 Å². The van der Waals surface area contributed by atoms with E-state index in [0.717, 1.165) is 6.42 Å². The number of carbonyl (C=O) groups is 5. The number of unbranched alkanes of at least 4 members (excludes halogenated alkanes) is 1. The molecule has 11 nitrogen and oxygen atoms in total. The molecule has 0 radical (unpaired) electrons. The summed E-state index contributed by atoms with van der Waals surface area (Å²) in [6.07, 6.45) is 0.340. The van der Waals surface area contributed by atoms with Crippen LogP contribution >= 0.6 is 0 Å². The van der Waals surface area contributed by atoms with Gasteiger partial charge in [-0.1, -0.05) is 39.7 Å². The fourth-order valence-electron chi connectivity index (χ4n) is 3.95. The highest BCUT2D eigenvalue weighted by molar-refractivity contribution is 6.01. The van der Waals surface area contributed by atoms with E-state index < -0.39 is 48.0 Å². The number of ether oxygens (including phenoxy) is 4. The third kappa shape index (κ3) is 8.19. The van der Waals surface area contributed by atoms with Crippen molar-refractivity contribution in [2.45, 2.75) is 71.6 Å². The fraction of sp³-hybridized carbons (Fsp3) is 0.577. The minimum Gasteiger partial charge on any atom is -0.494 e. The molecule has 0 spiro atoms. The molecule has 1 aromatic rings. The van der Waals surface area contributed by atoms with Crippen LogP contribution < -0.4 is 15.4 Å². The van der Waals surface area contributed by atoms with Gasteiger partial charge in [-0.25, -0.2) is 4.79 Å². The van der Waals surface area contributed by atoms with Gasteiger partial charge >= 0.3 is 17.9 Å². The summed E-state index contributed by atoms with van der Waals surface area (Å²) in [4.78, 5) is 62.5. The zero-order valence-corrected chi connectivity index (χ0v) is 21.9. The number of para-hydroxylation sites is 1.